The number of nitrogens with zero attached hydrogens (tertiary/aromatic N) is 1. The van der Waals surface area contributed by atoms with E-state index >= 15 is 0 Å². The highest BCUT2D eigenvalue weighted by molar-refractivity contribution is 6.55. The summed E-state index contributed by atoms with van der Waals surface area (Å²) >= 11 is 29.6. The van der Waals surface area contributed by atoms with Crippen LogP contribution in [0.4, 0.5) is 0 Å². The van der Waals surface area contributed by atoms with Gasteiger partial charge in [0.25, 0.3) is 0 Å². The predicted molar refractivity (Wildman–Crippen MR) is 143 cm³/mol. The van der Waals surface area contributed by atoms with Gasteiger partial charge in [-0.1, -0.05) is 58.0 Å². The van der Waals surface area contributed by atoms with E-state index in [4.69, 9.17) is 81.4 Å². The smallest absolute Gasteiger partial charge is 0.400 e. The summed E-state index contributed by atoms with van der Waals surface area (Å²) < 4.78 is 28.3. The van der Waals surface area contributed by atoms with Crippen molar-refractivity contribution >= 4 is 69.1 Å². The van der Waals surface area contributed by atoms with Crippen molar-refractivity contribution in [2.45, 2.75) is 6.42 Å². The largest absolute Gasteiger partial charge is 0.493 e. The van der Waals surface area contributed by atoms with Crippen molar-refractivity contribution in [2.75, 3.05) is 19.8 Å². The summed E-state index contributed by atoms with van der Waals surface area (Å²) in [6.45, 7) is 0.965. The van der Waals surface area contributed by atoms with E-state index in [9.17, 15) is 0 Å². The van der Waals surface area contributed by atoms with Crippen LogP contribution in [-0.4, -0.2) is 24.8 Å². The highest BCUT2D eigenvalue weighted by Gasteiger charge is 2.11. The lowest BCUT2D eigenvalue weighted by Crippen LogP contribution is -2.05. The number of aromatic nitrogens is 1. The van der Waals surface area contributed by atoms with Crippen LogP contribution in [0.2, 0.25) is 15.1 Å². The Bertz CT molecular complexity index is 1330. The standard InChI is InChI=1S/C25H18Cl5NO5/c26-15-2-7-21-22(12-15)36-25(31-21)35-17-5-3-16(4-6-17)32-9-1-10-34-24-19(27)13-18(14-20(24)28)33-11-8-23(29)30/h2-8,12-14H,1,9-11H2. The van der Waals surface area contributed by atoms with E-state index in [-0.39, 0.29) is 17.2 Å². The minimum atomic E-state index is 0.115. The Morgan fingerprint density at radius 2 is 1.50 bits per heavy atom. The zero-order valence-corrected chi connectivity index (χ0v) is 22.3. The van der Waals surface area contributed by atoms with Crippen molar-refractivity contribution < 1.29 is 23.4 Å². The molecule has 4 aromatic rings. The van der Waals surface area contributed by atoms with Gasteiger partial charge in [-0.05, 0) is 42.5 Å². The molecule has 0 aliphatic rings. The molecule has 0 aliphatic carbocycles. The number of halogens is 5. The first-order valence-corrected chi connectivity index (χ1v) is 12.5. The molecule has 188 valence electrons. The molecule has 0 saturated carbocycles. The van der Waals surface area contributed by atoms with Crippen molar-refractivity contribution in [3.63, 3.8) is 0 Å². The summed E-state index contributed by atoms with van der Waals surface area (Å²) in [5.41, 5.74) is 1.21. The van der Waals surface area contributed by atoms with Gasteiger partial charge in [-0.25, -0.2) is 0 Å². The van der Waals surface area contributed by atoms with Crippen LogP contribution in [0.3, 0.4) is 0 Å². The minimum absolute atomic E-state index is 0.115. The number of hydrogen-bond acceptors (Lipinski definition) is 6. The first kappa shape index (κ1) is 26.6. The summed E-state index contributed by atoms with van der Waals surface area (Å²) in [5, 5.41) is 1.22. The van der Waals surface area contributed by atoms with Crippen molar-refractivity contribution in [3.8, 4) is 29.1 Å². The van der Waals surface area contributed by atoms with Crippen LogP contribution in [0.1, 0.15) is 6.42 Å². The third-order valence-electron chi connectivity index (χ3n) is 4.62. The number of fused-ring (bicyclic) bond motifs is 1. The van der Waals surface area contributed by atoms with E-state index in [0.29, 0.717) is 68.8 Å². The molecule has 0 N–H and O–H groups in total. The van der Waals surface area contributed by atoms with E-state index < -0.39 is 0 Å². The molecule has 4 rings (SSSR count). The molecule has 0 spiro atoms. The quantitative estimate of drug-likeness (QED) is 0.163. The van der Waals surface area contributed by atoms with Gasteiger partial charge < -0.3 is 23.4 Å². The average Bonchev–Trinajstić information content (AvgIpc) is 3.22. The molecule has 0 aliphatic heterocycles. The third kappa shape index (κ3) is 7.51. The molecule has 6 nitrogen and oxygen atoms in total. The molecule has 0 atom stereocenters. The van der Waals surface area contributed by atoms with Crippen molar-refractivity contribution in [1.29, 1.82) is 0 Å². The van der Waals surface area contributed by atoms with Crippen LogP contribution in [0.15, 0.2) is 69.6 Å². The molecule has 0 amide bonds. The first-order chi connectivity index (χ1) is 17.4. The second kappa shape index (κ2) is 12.7. The number of hydrogen-bond donors (Lipinski definition) is 0. The maximum Gasteiger partial charge on any atom is 0.400 e. The average molecular weight is 590 g/mol. The van der Waals surface area contributed by atoms with Crippen molar-refractivity contribution in [1.82, 2.24) is 4.98 Å². The third-order valence-corrected chi connectivity index (χ3v) is 5.73. The maximum atomic E-state index is 6.27. The van der Waals surface area contributed by atoms with Gasteiger partial charge in [0.05, 0.1) is 23.3 Å². The highest BCUT2D eigenvalue weighted by atomic mass is 35.5. The zero-order chi connectivity index (χ0) is 25.5. The highest BCUT2D eigenvalue weighted by Crippen LogP contribution is 2.37. The summed E-state index contributed by atoms with van der Waals surface area (Å²) in [5.74, 6) is 2.08. The summed E-state index contributed by atoms with van der Waals surface area (Å²) in [6.07, 6.45) is 2.24. The molecule has 0 radical (unpaired) electrons. The minimum Gasteiger partial charge on any atom is -0.493 e. The van der Waals surface area contributed by atoms with Crippen LogP contribution in [0, 0.1) is 0 Å². The molecule has 1 aromatic heterocycles. The molecule has 11 heteroatoms. The second-order valence-corrected chi connectivity index (χ2v) is 9.50. The van der Waals surface area contributed by atoms with Gasteiger partial charge in [0.15, 0.2) is 11.3 Å². The molecule has 0 unspecified atom stereocenters. The van der Waals surface area contributed by atoms with Gasteiger partial charge in [-0.15, -0.1) is 0 Å². The lowest BCUT2D eigenvalue weighted by atomic mass is 10.3. The summed E-state index contributed by atoms with van der Waals surface area (Å²) in [6, 6.07) is 15.5. The molecule has 0 fully saturated rings. The number of ether oxygens (including phenoxy) is 4. The van der Waals surface area contributed by atoms with Gasteiger partial charge in [0, 0.05) is 29.6 Å². The van der Waals surface area contributed by atoms with Crippen LogP contribution in [0.5, 0.6) is 29.1 Å². The molecule has 36 heavy (non-hydrogen) atoms. The van der Waals surface area contributed by atoms with E-state index in [1.807, 2.05) is 0 Å². The molecular formula is C25H18Cl5NO5. The number of benzene rings is 3. The van der Waals surface area contributed by atoms with E-state index in [0.717, 1.165) is 0 Å². The normalized spacial score (nSPS) is 10.8. The van der Waals surface area contributed by atoms with E-state index in [1.165, 1.54) is 6.08 Å². The number of rotatable bonds is 11. The van der Waals surface area contributed by atoms with Crippen LogP contribution < -0.4 is 18.9 Å². The maximum absolute atomic E-state index is 6.27. The molecule has 0 saturated heterocycles. The molecule has 0 bridgehead atoms. The Balaban J connectivity index is 1.21. The van der Waals surface area contributed by atoms with Crippen LogP contribution in [0.25, 0.3) is 11.1 Å². The topological polar surface area (TPSA) is 63.0 Å². The van der Waals surface area contributed by atoms with Gasteiger partial charge in [-0.3, -0.25) is 0 Å². The Hall–Kier alpha value is -2.48. The summed E-state index contributed by atoms with van der Waals surface area (Å²) in [7, 11) is 0. The van der Waals surface area contributed by atoms with E-state index in [2.05, 4.69) is 4.98 Å². The second-order valence-electron chi connectivity index (χ2n) is 7.24. The molecule has 3 aromatic carbocycles. The van der Waals surface area contributed by atoms with Crippen molar-refractivity contribution in [3.05, 3.63) is 80.2 Å². The Morgan fingerprint density at radius 1 is 0.806 bits per heavy atom. The Morgan fingerprint density at radius 3 is 2.22 bits per heavy atom. The van der Waals surface area contributed by atoms with E-state index in [1.54, 1.807) is 54.6 Å². The molecule has 1 heterocycles. The fourth-order valence-electron chi connectivity index (χ4n) is 3.01. The van der Waals surface area contributed by atoms with Gasteiger partial charge in [0.1, 0.15) is 33.9 Å². The Kier molecular flexibility index (Phi) is 9.35. The number of oxazole rings is 1. The fourth-order valence-corrected chi connectivity index (χ4v) is 3.87. The summed E-state index contributed by atoms with van der Waals surface area (Å²) in [4.78, 5) is 4.27. The van der Waals surface area contributed by atoms with Crippen LogP contribution in [-0.2, 0) is 0 Å². The predicted octanol–water partition coefficient (Wildman–Crippen LogP) is 9.13. The van der Waals surface area contributed by atoms with Gasteiger partial charge in [0.2, 0.25) is 0 Å². The molecular weight excluding hydrogens is 572 g/mol. The first-order valence-electron chi connectivity index (χ1n) is 10.6. The van der Waals surface area contributed by atoms with Gasteiger partial charge in [-0.2, -0.15) is 4.98 Å². The Labute approximate surface area is 232 Å². The zero-order valence-electron chi connectivity index (χ0n) is 18.5. The fraction of sp³-hybridized carbons (Fsp3) is 0.160. The lowest BCUT2D eigenvalue weighted by molar-refractivity contribution is 0.247. The lowest BCUT2D eigenvalue weighted by Gasteiger charge is -2.12. The van der Waals surface area contributed by atoms with Crippen molar-refractivity contribution in [2.24, 2.45) is 0 Å². The monoisotopic (exact) mass is 587 g/mol. The van der Waals surface area contributed by atoms with Crippen LogP contribution >= 0.6 is 58.0 Å². The SMILES string of the molecule is ClC(Cl)=CCOc1cc(Cl)c(OCCCOc2ccc(Oc3nc4ccc(Cl)cc4o3)cc2)c(Cl)c1. The van der Waals surface area contributed by atoms with Gasteiger partial charge >= 0.3 is 6.08 Å².